The Kier molecular flexibility index (Phi) is 6.98. The van der Waals surface area contributed by atoms with E-state index >= 15 is 0 Å². The molecule has 106 valence electrons. The van der Waals surface area contributed by atoms with Crippen LogP contribution < -0.4 is 5.32 Å². The van der Waals surface area contributed by atoms with Crippen LogP contribution in [0.1, 0.15) is 26.2 Å². The van der Waals surface area contributed by atoms with Gasteiger partial charge in [0, 0.05) is 39.6 Å². The summed E-state index contributed by atoms with van der Waals surface area (Å²) in [7, 11) is 1.62. The lowest BCUT2D eigenvalue weighted by atomic mass is 10.0. The molecule has 1 fully saturated rings. The standard InChI is InChI=1S/C14H23N3O2/c1-12-5-3-7-17(10-12)11-13(9-15)14(18)16-6-4-8-19-2/h11-12H,3-8,10H2,1-2H3,(H,16,18)/b13-11-. The summed E-state index contributed by atoms with van der Waals surface area (Å²) in [5.41, 5.74) is 0.187. The third kappa shape index (κ3) is 5.75. The number of nitrogens with one attached hydrogen (secondary N) is 1. The van der Waals surface area contributed by atoms with Crippen molar-refractivity contribution >= 4 is 5.91 Å². The largest absolute Gasteiger partial charge is 0.385 e. The van der Waals surface area contributed by atoms with Gasteiger partial charge < -0.3 is 15.0 Å². The molecule has 0 aliphatic carbocycles. The van der Waals surface area contributed by atoms with Crippen LogP contribution in [0, 0.1) is 17.2 Å². The summed E-state index contributed by atoms with van der Waals surface area (Å²) in [6.45, 7) is 5.17. The Balaban J connectivity index is 2.46. The van der Waals surface area contributed by atoms with Gasteiger partial charge in [-0.05, 0) is 25.2 Å². The van der Waals surface area contributed by atoms with E-state index in [0.717, 1.165) is 25.9 Å². The van der Waals surface area contributed by atoms with Gasteiger partial charge in [-0.1, -0.05) is 6.92 Å². The second kappa shape index (κ2) is 8.54. The predicted octanol–water partition coefficient (Wildman–Crippen LogP) is 1.28. The van der Waals surface area contributed by atoms with E-state index in [0.29, 0.717) is 19.1 Å². The molecule has 1 amide bonds. The second-order valence-electron chi connectivity index (χ2n) is 5.00. The average Bonchev–Trinajstić information content (AvgIpc) is 2.41. The van der Waals surface area contributed by atoms with Crippen molar-refractivity contribution < 1.29 is 9.53 Å². The predicted molar refractivity (Wildman–Crippen MR) is 73.2 cm³/mol. The SMILES string of the molecule is COCCCNC(=O)/C(C#N)=C\N1CCCC(C)C1. The number of methoxy groups -OCH3 is 1. The molecular formula is C14H23N3O2. The Bertz CT molecular complexity index is 360. The maximum Gasteiger partial charge on any atom is 0.263 e. The van der Waals surface area contributed by atoms with E-state index in [1.54, 1.807) is 13.3 Å². The van der Waals surface area contributed by atoms with Gasteiger partial charge >= 0.3 is 0 Å². The highest BCUT2D eigenvalue weighted by molar-refractivity contribution is 5.97. The van der Waals surface area contributed by atoms with Crippen LogP contribution in [0.2, 0.25) is 0 Å². The number of likely N-dealkylation sites (tertiary alicyclic amines) is 1. The lowest BCUT2D eigenvalue weighted by Crippen LogP contribution is -2.32. The van der Waals surface area contributed by atoms with Gasteiger partial charge in [0.05, 0.1) is 0 Å². The molecule has 0 bridgehead atoms. The normalized spacial score (nSPS) is 19.9. The van der Waals surface area contributed by atoms with Crippen molar-refractivity contribution in [1.82, 2.24) is 10.2 Å². The van der Waals surface area contributed by atoms with Crippen LogP contribution in [-0.4, -0.2) is 44.2 Å². The van der Waals surface area contributed by atoms with Gasteiger partial charge in [-0.15, -0.1) is 0 Å². The number of hydrogen-bond acceptors (Lipinski definition) is 4. The average molecular weight is 265 g/mol. The van der Waals surface area contributed by atoms with Crippen LogP contribution in [0.25, 0.3) is 0 Å². The zero-order chi connectivity index (χ0) is 14.1. The fourth-order valence-corrected chi connectivity index (χ4v) is 2.18. The number of nitrogens with zero attached hydrogens (tertiary/aromatic N) is 2. The highest BCUT2D eigenvalue weighted by atomic mass is 16.5. The second-order valence-corrected chi connectivity index (χ2v) is 5.00. The topological polar surface area (TPSA) is 65.4 Å². The molecule has 1 atom stereocenters. The minimum absolute atomic E-state index is 0.187. The van der Waals surface area contributed by atoms with Crippen molar-refractivity contribution in [3.8, 4) is 6.07 Å². The first kappa shape index (κ1) is 15.5. The van der Waals surface area contributed by atoms with E-state index in [9.17, 15) is 4.79 Å². The highest BCUT2D eigenvalue weighted by Crippen LogP contribution is 2.16. The first-order chi connectivity index (χ1) is 9.17. The first-order valence-electron chi connectivity index (χ1n) is 6.80. The lowest BCUT2D eigenvalue weighted by Gasteiger charge is -2.29. The molecule has 19 heavy (non-hydrogen) atoms. The molecular weight excluding hydrogens is 242 g/mol. The molecule has 5 heteroatoms. The van der Waals surface area contributed by atoms with Gasteiger partial charge in [0.15, 0.2) is 0 Å². The minimum Gasteiger partial charge on any atom is -0.385 e. The molecule has 0 radical (unpaired) electrons. The summed E-state index contributed by atoms with van der Waals surface area (Å²) in [6.07, 6.45) is 4.78. The molecule has 1 unspecified atom stereocenters. The molecule has 0 saturated carbocycles. The molecule has 0 aromatic heterocycles. The molecule has 1 aliphatic heterocycles. The highest BCUT2D eigenvalue weighted by Gasteiger charge is 2.16. The summed E-state index contributed by atoms with van der Waals surface area (Å²) in [5, 5.41) is 11.8. The summed E-state index contributed by atoms with van der Waals surface area (Å²) < 4.78 is 4.90. The zero-order valence-corrected chi connectivity index (χ0v) is 11.8. The van der Waals surface area contributed by atoms with E-state index < -0.39 is 0 Å². The lowest BCUT2D eigenvalue weighted by molar-refractivity contribution is -0.117. The Morgan fingerprint density at radius 2 is 2.42 bits per heavy atom. The monoisotopic (exact) mass is 265 g/mol. The number of ether oxygens (including phenoxy) is 1. The molecule has 1 N–H and O–H groups in total. The van der Waals surface area contributed by atoms with Crippen molar-refractivity contribution in [2.75, 3.05) is 33.4 Å². The van der Waals surface area contributed by atoms with Crippen molar-refractivity contribution in [2.45, 2.75) is 26.2 Å². The fraction of sp³-hybridized carbons (Fsp3) is 0.714. The number of rotatable bonds is 6. The van der Waals surface area contributed by atoms with Gasteiger partial charge in [-0.2, -0.15) is 5.26 Å². The zero-order valence-electron chi connectivity index (χ0n) is 11.8. The number of nitriles is 1. The van der Waals surface area contributed by atoms with E-state index in [4.69, 9.17) is 10.00 Å². The van der Waals surface area contributed by atoms with Crippen molar-refractivity contribution in [2.24, 2.45) is 5.92 Å². The molecule has 1 heterocycles. The van der Waals surface area contributed by atoms with E-state index in [-0.39, 0.29) is 11.5 Å². The van der Waals surface area contributed by atoms with Gasteiger partial charge in [-0.25, -0.2) is 0 Å². The molecule has 1 saturated heterocycles. The van der Waals surface area contributed by atoms with Crippen LogP contribution in [-0.2, 0) is 9.53 Å². The van der Waals surface area contributed by atoms with Crippen LogP contribution in [0.3, 0.4) is 0 Å². The third-order valence-corrected chi connectivity index (χ3v) is 3.18. The Morgan fingerprint density at radius 1 is 1.63 bits per heavy atom. The van der Waals surface area contributed by atoms with Gasteiger partial charge in [0.1, 0.15) is 11.6 Å². The molecule has 5 nitrogen and oxygen atoms in total. The number of hydrogen-bond donors (Lipinski definition) is 1. The van der Waals surface area contributed by atoms with Gasteiger partial charge in [-0.3, -0.25) is 4.79 Å². The summed E-state index contributed by atoms with van der Waals surface area (Å²) >= 11 is 0. The number of piperidine rings is 1. The van der Waals surface area contributed by atoms with Crippen molar-refractivity contribution in [3.63, 3.8) is 0 Å². The smallest absolute Gasteiger partial charge is 0.263 e. The summed E-state index contributed by atoms with van der Waals surface area (Å²) in [6, 6.07) is 1.98. The number of carbonyl (C=O) groups is 1. The summed E-state index contributed by atoms with van der Waals surface area (Å²) in [5.74, 6) is 0.325. The molecule has 1 rings (SSSR count). The van der Waals surface area contributed by atoms with Crippen molar-refractivity contribution in [1.29, 1.82) is 5.26 Å². The van der Waals surface area contributed by atoms with Crippen LogP contribution in [0.15, 0.2) is 11.8 Å². The summed E-state index contributed by atoms with van der Waals surface area (Å²) in [4.78, 5) is 13.9. The van der Waals surface area contributed by atoms with Crippen LogP contribution in [0.4, 0.5) is 0 Å². The quantitative estimate of drug-likeness (QED) is 0.446. The van der Waals surface area contributed by atoms with E-state index in [1.807, 2.05) is 6.07 Å². The molecule has 0 spiro atoms. The van der Waals surface area contributed by atoms with Crippen molar-refractivity contribution in [3.05, 3.63) is 11.8 Å². The maximum absolute atomic E-state index is 11.8. The molecule has 0 aromatic carbocycles. The van der Waals surface area contributed by atoms with E-state index in [2.05, 4.69) is 17.1 Å². The van der Waals surface area contributed by atoms with Crippen LogP contribution >= 0.6 is 0 Å². The minimum atomic E-state index is -0.295. The first-order valence-corrected chi connectivity index (χ1v) is 6.80. The number of carbonyl (C=O) groups excluding carboxylic acids is 1. The fourth-order valence-electron chi connectivity index (χ4n) is 2.18. The Hall–Kier alpha value is -1.54. The van der Waals surface area contributed by atoms with Gasteiger partial charge in [0.2, 0.25) is 0 Å². The maximum atomic E-state index is 11.8. The van der Waals surface area contributed by atoms with E-state index in [1.165, 1.54) is 6.42 Å². The van der Waals surface area contributed by atoms with Crippen LogP contribution in [0.5, 0.6) is 0 Å². The number of amides is 1. The molecule has 1 aliphatic rings. The van der Waals surface area contributed by atoms with Gasteiger partial charge in [0.25, 0.3) is 5.91 Å². The Labute approximate surface area is 115 Å². The Morgan fingerprint density at radius 3 is 3.05 bits per heavy atom. The molecule has 0 aromatic rings. The third-order valence-electron chi connectivity index (χ3n) is 3.18.